The molecule has 0 spiro atoms. The highest BCUT2D eigenvalue weighted by Crippen LogP contribution is 2.19. The molecule has 0 aliphatic carbocycles. The monoisotopic (exact) mass is 386 g/mol. The molecule has 1 saturated heterocycles. The first-order valence-electron chi connectivity index (χ1n) is 8.26. The summed E-state index contributed by atoms with van der Waals surface area (Å²) in [6, 6.07) is 6.71. The molecule has 9 heteroatoms. The van der Waals surface area contributed by atoms with E-state index < -0.39 is 24.3 Å². The number of nitrogens with one attached hydrogen (secondary N) is 1. The molecule has 1 aliphatic heterocycles. The fourth-order valence-electron chi connectivity index (χ4n) is 2.04. The SMILES string of the molecule is Cc1ccc(S(=O)(=O)ON(C(=O)OCC[Si](C)(C)C)C2CNC2)cc1. The van der Waals surface area contributed by atoms with Gasteiger partial charge in [0.25, 0.3) is 0 Å². The van der Waals surface area contributed by atoms with Crippen molar-refractivity contribution in [1.82, 2.24) is 10.4 Å². The van der Waals surface area contributed by atoms with Gasteiger partial charge in [-0.2, -0.15) is 13.5 Å². The standard InChI is InChI=1S/C16H26N2O5SSi/c1-13-5-7-15(8-6-13)24(20,21)23-18(14-11-17-12-14)16(19)22-9-10-25(2,3)4/h5-8,14,17H,9-12H2,1-4H3. The number of hydrogen-bond donors (Lipinski definition) is 1. The van der Waals surface area contributed by atoms with Crippen LogP contribution >= 0.6 is 0 Å². The van der Waals surface area contributed by atoms with Crippen LogP contribution in [0.3, 0.4) is 0 Å². The summed E-state index contributed by atoms with van der Waals surface area (Å²) in [6.45, 7) is 9.57. The smallest absolute Gasteiger partial charge is 0.435 e. The van der Waals surface area contributed by atoms with E-state index in [0.717, 1.165) is 16.7 Å². The van der Waals surface area contributed by atoms with Crippen LogP contribution < -0.4 is 5.32 Å². The Labute approximate surface area is 150 Å². The van der Waals surface area contributed by atoms with Gasteiger partial charge in [-0.3, -0.25) is 0 Å². The van der Waals surface area contributed by atoms with Crippen LogP contribution in [0.15, 0.2) is 29.2 Å². The van der Waals surface area contributed by atoms with E-state index in [1.165, 1.54) is 12.1 Å². The van der Waals surface area contributed by atoms with Gasteiger partial charge >= 0.3 is 16.2 Å². The van der Waals surface area contributed by atoms with E-state index in [0.29, 0.717) is 13.1 Å². The van der Waals surface area contributed by atoms with Crippen LogP contribution in [-0.4, -0.2) is 53.4 Å². The number of aryl methyl sites for hydroxylation is 1. The summed E-state index contributed by atoms with van der Waals surface area (Å²) >= 11 is 0. The third-order valence-corrected chi connectivity index (χ3v) is 6.75. The minimum atomic E-state index is -4.09. The van der Waals surface area contributed by atoms with Crippen LogP contribution in [0, 0.1) is 6.92 Å². The fourth-order valence-corrected chi connectivity index (χ4v) is 3.71. The lowest BCUT2D eigenvalue weighted by molar-refractivity contribution is -0.0847. The molecule has 0 aromatic heterocycles. The van der Waals surface area contributed by atoms with E-state index in [9.17, 15) is 13.2 Å². The number of ether oxygens (including phenoxy) is 1. The van der Waals surface area contributed by atoms with Gasteiger partial charge in [-0.1, -0.05) is 37.3 Å². The van der Waals surface area contributed by atoms with Crippen LogP contribution in [0.25, 0.3) is 0 Å². The maximum Gasteiger partial charge on any atom is 0.435 e. The highest BCUT2D eigenvalue weighted by Gasteiger charge is 2.35. The zero-order valence-electron chi connectivity index (χ0n) is 15.1. The Morgan fingerprint density at radius 2 is 1.84 bits per heavy atom. The van der Waals surface area contributed by atoms with Gasteiger partial charge in [0.2, 0.25) is 0 Å². The van der Waals surface area contributed by atoms with Gasteiger partial charge in [0.1, 0.15) is 0 Å². The Kier molecular flexibility index (Phi) is 6.25. The minimum absolute atomic E-state index is 0.00489. The molecule has 1 heterocycles. The molecule has 1 aliphatic rings. The van der Waals surface area contributed by atoms with Crippen molar-refractivity contribution < 1.29 is 22.2 Å². The van der Waals surface area contributed by atoms with Gasteiger partial charge in [0, 0.05) is 21.2 Å². The highest BCUT2D eigenvalue weighted by atomic mass is 32.2. The summed E-state index contributed by atoms with van der Waals surface area (Å²) < 4.78 is 35.3. The molecule has 0 saturated carbocycles. The predicted octanol–water partition coefficient (Wildman–Crippen LogP) is 2.36. The zero-order valence-corrected chi connectivity index (χ0v) is 16.9. The third-order valence-electron chi connectivity index (χ3n) is 3.84. The molecule has 1 aromatic carbocycles. The Morgan fingerprint density at radius 1 is 1.24 bits per heavy atom. The quantitative estimate of drug-likeness (QED) is 0.572. The Morgan fingerprint density at radius 3 is 2.32 bits per heavy atom. The van der Waals surface area contributed by atoms with E-state index in [1.54, 1.807) is 12.1 Å². The second-order valence-corrected chi connectivity index (χ2v) is 14.6. The topological polar surface area (TPSA) is 84.9 Å². The van der Waals surface area contributed by atoms with E-state index >= 15 is 0 Å². The Hall–Kier alpha value is -1.42. The number of rotatable bonds is 7. The molecule has 0 atom stereocenters. The first-order chi connectivity index (χ1) is 11.6. The average Bonchev–Trinajstić information content (AvgIpc) is 2.43. The molecular formula is C16H26N2O5SSi. The van der Waals surface area contributed by atoms with Crippen molar-refractivity contribution in [2.75, 3.05) is 19.7 Å². The van der Waals surface area contributed by atoms with E-state index in [-0.39, 0.29) is 17.5 Å². The normalized spacial score (nSPS) is 15.5. The Bertz CT molecular complexity index is 696. The van der Waals surface area contributed by atoms with Gasteiger partial charge in [-0.05, 0) is 25.1 Å². The molecular weight excluding hydrogens is 360 g/mol. The van der Waals surface area contributed by atoms with Crippen LogP contribution in [0.5, 0.6) is 0 Å². The third kappa shape index (κ3) is 5.81. The van der Waals surface area contributed by atoms with Crippen molar-refractivity contribution in [2.45, 2.75) is 43.5 Å². The molecule has 2 rings (SSSR count). The maximum absolute atomic E-state index is 12.5. The van der Waals surface area contributed by atoms with Crippen LogP contribution in [0.1, 0.15) is 5.56 Å². The summed E-state index contributed by atoms with van der Waals surface area (Å²) in [7, 11) is -5.44. The molecule has 1 fully saturated rings. The highest BCUT2D eigenvalue weighted by molar-refractivity contribution is 7.86. The summed E-state index contributed by atoms with van der Waals surface area (Å²) in [5.74, 6) is 0. The van der Waals surface area contributed by atoms with Gasteiger partial charge < -0.3 is 10.1 Å². The maximum atomic E-state index is 12.5. The number of carbonyl (C=O) groups is 1. The zero-order chi connectivity index (χ0) is 18.7. The van der Waals surface area contributed by atoms with Crippen molar-refractivity contribution in [3.05, 3.63) is 29.8 Å². The van der Waals surface area contributed by atoms with Gasteiger partial charge in [0.15, 0.2) is 0 Å². The van der Waals surface area contributed by atoms with E-state index in [4.69, 9.17) is 9.02 Å². The number of hydroxylamine groups is 2. The molecule has 0 radical (unpaired) electrons. The van der Waals surface area contributed by atoms with E-state index in [2.05, 4.69) is 25.0 Å². The number of hydrogen-bond acceptors (Lipinski definition) is 6. The first-order valence-corrected chi connectivity index (χ1v) is 13.4. The molecule has 1 aromatic rings. The van der Waals surface area contributed by atoms with Gasteiger partial charge in [-0.15, -0.1) is 4.28 Å². The molecule has 0 bridgehead atoms. The average molecular weight is 387 g/mol. The lowest BCUT2D eigenvalue weighted by Gasteiger charge is -2.35. The second-order valence-electron chi connectivity index (χ2n) is 7.40. The van der Waals surface area contributed by atoms with Crippen molar-refractivity contribution >= 4 is 24.3 Å². The molecule has 25 heavy (non-hydrogen) atoms. The fraction of sp³-hybridized carbons (Fsp3) is 0.562. The number of carbonyl (C=O) groups excluding carboxylic acids is 1. The van der Waals surface area contributed by atoms with Crippen molar-refractivity contribution in [1.29, 1.82) is 0 Å². The lowest BCUT2D eigenvalue weighted by atomic mass is 10.2. The second kappa shape index (κ2) is 7.86. The van der Waals surface area contributed by atoms with Crippen molar-refractivity contribution in [2.24, 2.45) is 0 Å². The van der Waals surface area contributed by atoms with Crippen LogP contribution in [0.4, 0.5) is 4.79 Å². The summed E-state index contributed by atoms with van der Waals surface area (Å²) in [5, 5.41) is 3.84. The number of amides is 1. The van der Waals surface area contributed by atoms with Crippen molar-refractivity contribution in [3.8, 4) is 0 Å². The van der Waals surface area contributed by atoms with Gasteiger partial charge in [0.05, 0.1) is 17.5 Å². The van der Waals surface area contributed by atoms with E-state index in [1.807, 2.05) is 6.92 Å². The summed E-state index contributed by atoms with van der Waals surface area (Å²) in [5.41, 5.74) is 0.935. The molecule has 1 amide bonds. The summed E-state index contributed by atoms with van der Waals surface area (Å²) in [6.07, 6.45) is -0.763. The molecule has 7 nitrogen and oxygen atoms in total. The van der Waals surface area contributed by atoms with Crippen molar-refractivity contribution in [3.63, 3.8) is 0 Å². The number of benzene rings is 1. The van der Waals surface area contributed by atoms with Crippen LogP contribution in [0.2, 0.25) is 25.7 Å². The largest absolute Gasteiger partial charge is 0.448 e. The summed E-state index contributed by atoms with van der Waals surface area (Å²) in [4.78, 5) is 12.3. The minimum Gasteiger partial charge on any atom is -0.448 e. The first kappa shape index (κ1) is 19.9. The molecule has 0 unspecified atom stereocenters. The Balaban J connectivity index is 2.06. The lowest BCUT2D eigenvalue weighted by Crippen LogP contribution is -2.59. The molecule has 140 valence electrons. The van der Waals surface area contributed by atoms with Gasteiger partial charge in [-0.25, -0.2) is 4.79 Å². The molecule has 1 N–H and O–H groups in total. The van der Waals surface area contributed by atoms with Crippen LogP contribution in [-0.2, 0) is 19.1 Å². The predicted molar refractivity (Wildman–Crippen MR) is 97.4 cm³/mol. The number of nitrogens with zero attached hydrogens (tertiary/aromatic N) is 1.